The van der Waals surface area contributed by atoms with E-state index in [1.165, 1.54) is 12.1 Å². The van der Waals surface area contributed by atoms with Gasteiger partial charge in [-0.3, -0.25) is 0 Å². The molecule has 0 spiro atoms. The summed E-state index contributed by atoms with van der Waals surface area (Å²) in [6.45, 7) is 6.86. The summed E-state index contributed by atoms with van der Waals surface area (Å²) in [7, 11) is -3.63. The molecule has 0 aliphatic carbocycles. The van der Waals surface area contributed by atoms with Crippen molar-refractivity contribution in [2.75, 3.05) is 39.3 Å². The summed E-state index contributed by atoms with van der Waals surface area (Å²) in [4.78, 5) is 2.29. The fraction of sp³-hybridized carbons (Fsp3) is 0.571. The van der Waals surface area contributed by atoms with E-state index in [4.69, 9.17) is 0 Å². The van der Waals surface area contributed by atoms with Gasteiger partial charge in [0.05, 0.1) is 4.90 Å². The quantitative estimate of drug-likeness (QED) is 0.759. The number of sulfonamides is 1. The van der Waals surface area contributed by atoms with Crippen LogP contribution < -0.4 is 10.0 Å². The molecule has 0 bridgehead atoms. The molecule has 0 saturated carbocycles. The summed E-state index contributed by atoms with van der Waals surface area (Å²) < 4.78 is 40.0. The lowest BCUT2D eigenvalue weighted by Gasteiger charge is -2.27. The predicted molar refractivity (Wildman–Crippen MR) is 80.3 cm³/mol. The molecule has 2 N–H and O–H groups in total. The molecule has 0 amide bonds. The molecule has 0 atom stereocenters. The third-order valence-corrected chi connectivity index (χ3v) is 4.92. The standard InChI is InChI=1S/C14H22FN3O2S/c1-12-9-13(15)11-14(10-12)21(19,20)17-3-2-6-18-7-4-16-5-8-18/h9-11,16-17H,2-8H2,1H3. The molecular weight excluding hydrogens is 293 g/mol. The van der Waals surface area contributed by atoms with Gasteiger partial charge in [-0.15, -0.1) is 0 Å². The van der Waals surface area contributed by atoms with Crippen LogP contribution in [0.25, 0.3) is 0 Å². The maximum absolute atomic E-state index is 13.3. The normalized spacial score (nSPS) is 17.0. The third-order valence-electron chi connectivity index (χ3n) is 3.48. The van der Waals surface area contributed by atoms with Gasteiger partial charge < -0.3 is 10.2 Å². The highest BCUT2D eigenvalue weighted by Gasteiger charge is 2.15. The minimum Gasteiger partial charge on any atom is -0.314 e. The van der Waals surface area contributed by atoms with Gasteiger partial charge in [-0.1, -0.05) is 0 Å². The van der Waals surface area contributed by atoms with E-state index in [9.17, 15) is 12.8 Å². The molecule has 5 nitrogen and oxygen atoms in total. The van der Waals surface area contributed by atoms with Crippen LogP contribution in [0.3, 0.4) is 0 Å². The summed E-state index contributed by atoms with van der Waals surface area (Å²) in [5.74, 6) is -0.531. The SMILES string of the molecule is Cc1cc(F)cc(S(=O)(=O)NCCCN2CCNCC2)c1. The second-order valence-electron chi connectivity index (χ2n) is 5.31. The van der Waals surface area contributed by atoms with Gasteiger partial charge in [-0.05, 0) is 43.7 Å². The number of benzene rings is 1. The molecule has 0 radical (unpaired) electrons. The highest BCUT2D eigenvalue weighted by atomic mass is 32.2. The number of hydrogen-bond donors (Lipinski definition) is 2. The van der Waals surface area contributed by atoms with Crippen LogP contribution in [0.15, 0.2) is 23.1 Å². The monoisotopic (exact) mass is 315 g/mol. The molecule has 21 heavy (non-hydrogen) atoms. The van der Waals surface area contributed by atoms with E-state index < -0.39 is 15.8 Å². The maximum Gasteiger partial charge on any atom is 0.240 e. The van der Waals surface area contributed by atoms with Gasteiger partial charge in [-0.2, -0.15) is 0 Å². The topological polar surface area (TPSA) is 61.4 Å². The highest BCUT2D eigenvalue weighted by molar-refractivity contribution is 7.89. The smallest absolute Gasteiger partial charge is 0.240 e. The molecule has 1 heterocycles. The first kappa shape index (κ1) is 16.4. The molecule has 1 aromatic carbocycles. The highest BCUT2D eigenvalue weighted by Crippen LogP contribution is 2.13. The van der Waals surface area contributed by atoms with Gasteiger partial charge in [0.1, 0.15) is 5.82 Å². The van der Waals surface area contributed by atoms with Crippen molar-refractivity contribution >= 4 is 10.0 Å². The van der Waals surface area contributed by atoms with Crippen molar-refractivity contribution < 1.29 is 12.8 Å². The molecule has 118 valence electrons. The van der Waals surface area contributed by atoms with Crippen LogP contribution >= 0.6 is 0 Å². The summed E-state index contributed by atoms with van der Waals surface area (Å²) in [5, 5.41) is 3.27. The summed E-state index contributed by atoms with van der Waals surface area (Å²) >= 11 is 0. The van der Waals surface area contributed by atoms with Crippen LogP contribution in [0.5, 0.6) is 0 Å². The zero-order valence-corrected chi connectivity index (χ0v) is 13.0. The van der Waals surface area contributed by atoms with Crippen LogP contribution in [0.1, 0.15) is 12.0 Å². The summed E-state index contributed by atoms with van der Waals surface area (Å²) in [6, 6.07) is 3.83. The molecule has 1 fully saturated rings. The Bertz CT molecular complexity index is 551. The van der Waals surface area contributed by atoms with Gasteiger partial charge >= 0.3 is 0 Å². The van der Waals surface area contributed by atoms with Crippen LogP contribution in [-0.2, 0) is 10.0 Å². The van der Waals surface area contributed by atoms with E-state index in [0.717, 1.165) is 45.2 Å². The van der Waals surface area contributed by atoms with E-state index in [-0.39, 0.29) is 4.90 Å². The number of piperazine rings is 1. The van der Waals surface area contributed by atoms with E-state index in [0.29, 0.717) is 12.1 Å². The fourth-order valence-electron chi connectivity index (χ4n) is 2.39. The molecule has 1 aliphatic heterocycles. The van der Waals surface area contributed by atoms with E-state index in [1.54, 1.807) is 6.92 Å². The Balaban J connectivity index is 1.83. The van der Waals surface area contributed by atoms with E-state index >= 15 is 0 Å². The number of halogens is 1. The Kier molecular flexibility index (Phi) is 5.69. The maximum atomic E-state index is 13.3. The average molecular weight is 315 g/mol. The number of nitrogens with one attached hydrogen (secondary N) is 2. The molecular formula is C14H22FN3O2S. The Morgan fingerprint density at radius 3 is 2.67 bits per heavy atom. The van der Waals surface area contributed by atoms with Crippen LogP contribution in [0, 0.1) is 12.7 Å². The second-order valence-corrected chi connectivity index (χ2v) is 7.07. The van der Waals surface area contributed by atoms with Crippen molar-refractivity contribution in [1.29, 1.82) is 0 Å². The molecule has 2 rings (SSSR count). The van der Waals surface area contributed by atoms with Crippen molar-refractivity contribution in [3.8, 4) is 0 Å². The van der Waals surface area contributed by atoms with Crippen LogP contribution in [-0.4, -0.2) is 52.6 Å². The van der Waals surface area contributed by atoms with E-state index in [2.05, 4.69) is 14.9 Å². The van der Waals surface area contributed by atoms with Crippen molar-refractivity contribution in [2.24, 2.45) is 0 Å². The molecule has 7 heteroatoms. The molecule has 0 aromatic heterocycles. The number of hydrogen-bond acceptors (Lipinski definition) is 4. The van der Waals surface area contributed by atoms with Gasteiger partial charge in [-0.25, -0.2) is 17.5 Å². The summed E-state index contributed by atoms with van der Waals surface area (Å²) in [5.41, 5.74) is 0.594. The van der Waals surface area contributed by atoms with Crippen molar-refractivity contribution in [3.05, 3.63) is 29.6 Å². The predicted octanol–water partition coefficient (Wildman–Crippen LogP) is 0.708. The van der Waals surface area contributed by atoms with E-state index in [1.807, 2.05) is 0 Å². The van der Waals surface area contributed by atoms with Crippen LogP contribution in [0.4, 0.5) is 4.39 Å². The lowest BCUT2D eigenvalue weighted by atomic mass is 10.2. The average Bonchev–Trinajstić information content (AvgIpc) is 2.44. The lowest BCUT2D eigenvalue weighted by Crippen LogP contribution is -2.44. The summed E-state index contributed by atoms with van der Waals surface area (Å²) in [6.07, 6.45) is 0.744. The van der Waals surface area contributed by atoms with Gasteiger partial charge in [0.2, 0.25) is 10.0 Å². The third kappa shape index (κ3) is 5.03. The Labute approximate surface area is 125 Å². The Morgan fingerprint density at radius 1 is 1.29 bits per heavy atom. The van der Waals surface area contributed by atoms with Crippen molar-refractivity contribution in [3.63, 3.8) is 0 Å². The van der Waals surface area contributed by atoms with Crippen molar-refractivity contribution in [1.82, 2.24) is 14.9 Å². The molecule has 1 aliphatic rings. The van der Waals surface area contributed by atoms with Gasteiger partial charge in [0, 0.05) is 32.7 Å². The molecule has 1 aromatic rings. The fourth-order valence-corrected chi connectivity index (χ4v) is 3.57. The number of aryl methyl sites for hydroxylation is 1. The molecule has 1 saturated heterocycles. The number of rotatable bonds is 6. The lowest BCUT2D eigenvalue weighted by molar-refractivity contribution is 0.239. The van der Waals surface area contributed by atoms with Crippen molar-refractivity contribution in [2.45, 2.75) is 18.2 Å². The zero-order chi connectivity index (χ0) is 15.3. The van der Waals surface area contributed by atoms with Gasteiger partial charge in [0.25, 0.3) is 0 Å². The second kappa shape index (κ2) is 7.31. The number of nitrogens with zero attached hydrogens (tertiary/aromatic N) is 1. The molecule has 0 unspecified atom stereocenters. The zero-order valence-electron chi connectivity index (χ0n) is 12.2. The first-order valence-corrected chi connectivity index (χ1v) is 8.66. The largest absolute Gasteiger partial charge is 0.314 e. The minimum atomic E-state index is -3.63. The van der Waals surface area contributed by atoms with Crippen LogP contribution in [0.2, 0.25) is 0 Å². The Morgan fingerprint density at radius 2 is 2.00 bits per heavy atom. The first-order chi connectivity index (χ1) is 9.97. The first-order valence-electron chi connectivity index (χ1n) is 7.17. The minimum absolute atomic E-state index is 0.0119. The Hall–Kier alpha value is -1.02. The van der Waals surface area contributed by atoms with Gasteiger partial charge in [0.15, 0.2) is 0 Å².